The lowest BCUT2D eigenvalue weighted by Gasteiger charge is -2.53. The number of phenols is 1. The number of phenolic OH excluding ortho intramolecular Hbond substituents is 1. The zero-order chi connectivity index (χ0) is 21.3. The van der Waals surface area contributed by atoms with Crippen LogP contribution < -0.4 is 5.32 Å². The third-order valence-electron chi connectivity index (χ3n) is 8.85. The Labute approximate surface area is 178 Å². The lowest BCUT2D eigenvalue weighted by molar-refractivity contribution is -0.137. The molecule has 5 rings (SSSR count). The summed E-state index contributed by atoms with van der Waals surface area (Å²) >= 11 is 0. The number of nitrogens with zero attached hydrogens (tertiary/aromatic N) is 2. The van der Waals surface area contributed by atoms with Crippen LogP contribution in [-0.2, 0) is 11.2 Å². The van der Waals surface area contributed by atoms with Crippen LogP contribution in [0.2, 0.25) is 0 Å². The molecule has 2 N–H and O–H groups in total. The molecule has 1 aromatic carbocycles. The van der Waals surface area contributed by atoms with E-state index < -0.39 is 5.54 Å². The summed E-state index contributed by atoms with van der Waals surface area (Å²) in [4.78, 5) is 29.9. The molecule has 162 valence electrons. The molecule has 4 aliphatic rings. The van der Waals surface area contributed by atoms with Crippen LogP contribution >= 0.6 is 0 Å². The molecule has 1 saturated heterocycles. The van der Waals surface area contributed by atoms with Crippen LogP contribution in [0.15, 0.2) is 18.2 Å². The van der Waals surface area contributed by atoms with E-state index in [-0.39, 0.29) is 17.4 Å². The number of hydrogen-bond donors (Lipinski definition) is 2. The maximum atomic E-state index is 13.6. The normalized spacial score (nSPS) is 37.3. The topological polar surface area (TPSA) is 72.9 Å². The second kappa shape index (κ2) is 6.71. The second-order valence-corrected chi connectivity index (χ2v) is 10.4. The van der Waals surface area contributed by atoms with Crippen molar-refractivity contribution in [3.05, 3.63) is 29.3 Å². The van der Waals surface area contributed by atoms with Crippen molar-refractivity contribution in [1.82, 2.24) is 15.1 Å². The minimum absolute atomic E-state index is 0.000989. The Balaban J connectivity index is 1.44. The molecule has 0 radical (unpaired) electrons. The summed E-state index contributed by atoms with van der Waals surface area (Å²) in [7, 11) is 3.92. The predicted octanol–water partition coefficient (Wildman–Crippen LogP) is 3.10. The molecule has 4 unspecified atom stereocenters. The standard InChI is InChI=1S/C24H33N3O3/c1-23-10-8-18-17-7-5-16(28)14-15(17)4-6-19(18)20(23)9-11-24(23)21(29)27(22(30)25-24)13-12-26(2)3/h5,7,14,18-20,28H,4,6,8-13H2,1-3H3,(H,25,30)/t18?,19?,20?,23-,24?/m0/s1. The quantitative estimate of drug-likeness (QED) is 0.750. The Kier molecular flexibility index (Phi) is 4.44. The number of benzene rings is 1. The maximum Gasteiger partial charge on any atom is 0.325 e. The van der Waals surface area contributed by atoms with E-state index in [2.05, 4.69) is 18.3 Å². The van der Waals surface area contributed by atoms with Gasteiger partial charge in [-0.05, 0) is 93.6 Å². The van der Waals surface area contributed by atoms with Gasteiger partial charge in [0.05, 0.1) is 0 Å². The van der Waals surface area contributed by atoms with Gasteiger partial charge in [0.1, 0.15) is 11.3 Å². The smallest absolute Gasteiger partial charge is 0.325 e. The molecule has 1 aromatic rings. The minimum Gasteiger partial charge on any atom is -0.508 e. The summed E-state index contributed by atoms with van der Waals surface area (Å²) in [6.45, 7) is 3.40. The summed E-state index contributed by atoms with van der Waals surface area (Å²) in [5.41, 5.74) is 1.75. The largest absolute Gasteiger partial charge is 0.508 e. The fourth-order valence-electron chi connectivity index (χ4n) is 7.29. The van der Waals surface area contributed by atoms with E-state index in [1.165, 1.54) is 16.0 Å². The number of likely N-dealkylation sites (N-methyl/N-ethyl adjacent to an activating group) is 1. The van der Waals surface area contributed by atoms with E-state index in [0.717, 1.165) is 38.5 Å². The molecule has 1 heterocycles. The SMILES string of the molecule is CN(C)CCN1C(=O)NC2(CCC3C4CCc5cc(O)ccc5C4CC[C@@]32C)C1=O. The molecule has 6 heteroatoms. The van der Waals surface area contributed by atoms with Gasteiger partial charge in [-0.15, -0.1) is 0 Å². The summed E-state index contributed by atoms with van der Waals surface area (Å²) in [6.07, 6.45) is 5.83. The van der Waals surface area contributed by atoms with E-state index in [4.69, 9.17) is 0 Å². The second-order valence-electron chi connectivity index (χ2n) is 10.4. The number of amides is 3. The van der Waals surface area contributed by atoms with Crippen LogP contribution in [0.25, 0.3) is 0 Å². The fraction of sp³-hybridized carbons (Fsp3) is 0.667. The Morgan fingerprint density at radius 3 is 2.77 bits per heavy atom. The predicted molar refractivity (Wildman–Crippen MR) is 114 cm³/mol. The molecule has 3 aliphatic carbocycles. The number of aromatic hydroxyl groups is 1. The van der Waals surface area contributed by atoms with Crippen LogP contribution in [0.1, 0.15) is 56.1 Å². The first-order valence-corrected chi connectivity index (χ1v) is 11.4. The number of fused-ring (bicyclic) bond motifs is 6. The maximum absolute atomic E-state index is 13.6. The van der Waals surface area contributed by atoms with Crippen LogP contribution in [0.3, 0.4) is 0 Å². The third kappa shape index (κ3) is 2.58. The highest BCUT2D eigenvalue weighted by Gasteiger charge is 2.69. The van der Waals surface area contributed by atoms with Crippen molar-refractivity contribution in [1.29, 1.82) is 0 Å². The van der Waals surface area contributed by atoms with E-state index in [0.29, 0.717) is 36.6 Å². The van der Waals surface area contributed by atoms with Crippen molar-refractivity contribution in [2.45, 2.75) is 56.9 Å². The van der Waals surface area contributed by atoms with Crippen molar-refractivity contribution in [3.63, 3.8) is 0 Å². The van der Waals surface area contributed by atoms with Crippen LogP contribution in [0.4, 0.5) is 4.79 Å². The number of nitrogens with one attached hydrogen (secondary N) is 1. The van der Waals surface area contributed by atoms with Crippen molar-refractivity contribution in [2.24, 2.45) is 17.3 Å². The molecule has 1 spiro atoms. The monoisotopic (exact) mass is 411 g/mol. The average molecular weight is 412 g/mol. The summed E-state index contributed by atoms with van der Waals surface area (Å²) in [5, 5.41) is 13.1. The van der Waals surface area contributed by atoms with E-state index >= 15 is 0 Å². The molecule has 0 aromatic heterocycles. The fourth-order valence-corrected chi connectivity index (χ4v) is 7.29. The highest BCUT2D eigenvalue weighted by Crippen LogP contribution is 2.65. The first-order valence-electron chi connectivity index (χ1n) is 11.4. The minimum atomic E-state index is -0.735. The van der Waals surface area contributed by atoms with Gasteiger partial charge < -0.3 is 15.3 Å². The molecule has 2 saturated carbocycles. The number of urea groups is 1. The van der Waals surface area contributed by atoms with Gasteiger partial charge >= 0.3 is 6.03 Å². The van der Waals surface area contributed by atoms with Gasteiger partial charge in [-0.2, -0.15) is 0 Å². The first kappa shape index (κ1) is 19.9. The molecule has 30 heavy (non-hydrogen) atoms. The van der Waals surface area contributed by atoms with Gasteiger partial charge in [-0.1, -0.05) is 13.0 Å². The van der Waals surface area contributed by atoms with E-state index in [1.54, 1.807) is 0 Å². The summed E-state index contributed by atoms with van der Waals surface area (Å²) < 4.78 is 0. The highest BCUT2D eigenvalue weighted by atomic mass is 16.3. The lowest BCUT2D eigenvalue weighted by atomic mass is 9.52. The lowest BCUT2D eigenvalue weighted by Crippen LogP contribution is -2.60. The van der Waals surface area contributed by atoms with Crippen molar-refractivity contribution >= 4 is 11.9 Å². The van der Waals surface area contributed by atoms with E-state index in [1.807, 2.05) is 31.1 Å². The Morgan fingerprint density at radius 1 is 1.20 bits per heavy atom. The Morgan fingerprint density at radius 2 is 2.00 bits per heavy atom. The zero-order valence-electron chi connectivity index (χ0n) is 18.3. The van der Waals surface area contributed by atoms with Crippen LogP contribution in [0.5, 0.6) is 5.75 Å². The van der Waals surface area contributed by atoms with Crippen molar-refractivity contribution < 1.29 is 14.7 Å². The Hall–Kier alpha value is -2.08. The molecule has 5 atom stereocenters. The van der Waals surface area contributed by atoms with Crippen LogP contribution in [0, 0.1) is 17.3 Å². The third-order valence-corrected chi connectivity index (χ3v) is 8.85. The molecule has 0 bridgehead atoms. The molecule has 3 amide bonds. The van der Waals surface area contributed by atoms with Gasteiger partial charge in [-0.25, -0.2) is 4.79 Å². The van der Waals surface area contributed by atoms with Crippen LogP contribution in [-0.4, -0.2) is 59.6 Å². The molecule has 1 aliphatic heterocycles. The van der Waals surface area contributed by atoms with Gasteiger partial charge in [0.25, 0.3) is 5.91 Å². The van der Waals surface area contributed by atoms with Crippen molar-refractivity contribution in [2.75, 3.05) is 27.2 Å². The summed E-state index contributed by atoms with van der Waals surface area (Å²) in [5.74, 6) is 1.83. The first-order chi connectivity index (χ1) is 14.3. The highest BCUT2D eigenvalue weighted by molar-refractivity contribution is 6.08. The Bertz CT molecular complexity index is 900. The van der Waals surface area contributed by atoms with Gasteiger partial charge in [0.2, 0.25) is 0 Å². The van der Waals surface area contributed by atoms with Gasteiger partial charge in [0, 0.05) is 18.5 Å². The number of rotatable bonds is 3. The van der Waals surface area contributed by atoms with Gasteiger partial charge in [-0.3, -0.25) is 9.69 Å². The average Bonchev–Trinajstić information content (AvgIpc) is 3.13. The number of aryl methyl sites for hydroxylation is 1. The zero-order valence-corrected chi connectivity index (χ0v) is 18.3. The van der Waals surface area contributed by atoms with E-state index in [9.17, 15) is 14.7 Å². The molecular formula is C24H33N3O3. The number of carbonyl (C=O) groups excluding carboxylic acids is 2. The van der Waals surface area contributed by atoms with Gasteiger partial charge in [0.15, 0.2) is 0 Å². The number of hydrogen-bond acceptors (Lipinski definition) is 4. The molecule has 6 nitrogen and oxygen atoms in total. The number of carbonyl (C=O) groups is 2. The number of imide groups is 1. The summed E-state index contributed by atoms with van der Waals surface area (Å²) in [6, 6.07) is 5.64. The molecular weight excluding hydrogens is 378 g/mol. The van der Waals surface area contributed by atoms with Crippen molar-refractivity contribution in [3.8, 4) is 5.75 Å². The molecule has 3 fully saturated rings.